The zero-order chi connectivity index (χ0) is 13.0. The first kappa shape index (κ1) is 13.1. The number of hydrogen-bond acceptors (Lipinski definition) is 2. The van der Waals surface area contributed by atoms with Crippen LogP contribution in [0, 0.1) is 24.2 Å². The molecule has 2 rings (SSSR count). The molecule has 1 aliphatic carbocycles. The molecule has 1 fully saturated rings. The van der Waals surface area contributed by atoms with Gasteiger partial charge < -0.3 is 5.32 Å². The molecule has 96 valence electrons. The first-order chi connectivity index (χ1) is 8.70. The molecule has 3 atom stereocenters. The molecule has 1 aromatic rings. The predicted octanol–water partition coefficient (Wildman–Crippen LogP) is 3.73. The number of nitriles is 1. The van der Waals surface area contributed by atoms with Gasteiger partial charge in [0.25, 0.3) is 0 Å². The van der Waals surface area contributed by atoms with Crippen molar-refractivity contribution in [2.75, 3.05) is 0 Å². The summed E-state index contributed by atoms with van der Waals surface area (Å²) < 4.78 is 0. The van der Waals surface area contributed by atoms with Crippen molar-refractivity contribution in [1.29, 1.82) is 5.26 Å². The van der Waals surface area contributed by atoms with Gasteiger partial charge in [0.1, 0.15) is 0 Å². The Morgan fingerprint density at radius 2 is 2.11 bits per heavy atom. The number of benzene rings is 1. The highest BCUT2D eigenvalue weighted by molar-refractivity contribution is 5.24. The molecule has 1 N–H and O–H groups in total. The van der Waals surface area contributed by atoms with Crippen molar-refractivity contribution in [1.82, 2.24) is 5.32 Å². The van der Waals surface area contributed by atoms with Gasteiger partial charge in [0.15, 0.2) is 0 Å². The van der Waals surface area contributed by atoms with E-state index in [0.717, 1.165) is 12.8 Å². The standard InChI is InChI=1S/C16H22N2/c1-12-6-5-8-14(10-12)13(2)18-16-9-4-3-7-15(16)11-17/h5-6,8,10,13,15-16,18H,3-4,7,9H2,1-2H3/t13-,15?,16?/m0/s1. The lowest BCUT2D eigenvalue weighted by molar-refractivity contribution is 0.292. The quantitative estimate of drug-likeness (QED) is 0.876. The first-order valence-corrected chi connectivity index (χ1v) is 6.93. The Hall–Kier alpha value is -1.33. The summed E-state index contributed by atoms with van der Waals surface area (Å²) >= 11 is 0. The molecule has 0 spiro atoms. The molecular weight excluding hydrogens is 220 g/mol. The van der Waals surface area contributed by atoms with Gasteiger partial charge in [-0.2, -0.15) is 5.26 Å². The molecule has 1 aromatic carbocycles. The predicted molar refractivity (Wildman–Crippen MR) is 74.1 cm³/mol. The minimum Gasteiger partial charge on any atom is -0.306 e. The highest BCUT2D eigenvalue weighted by atomic mass is 15.0. The van der Waals surface area contributed by atoms with E-state index in [1.807, 2.05) is 0 Å². The third kappa shape index (κ3) is 3.11. The highest BCUT2D eigenvalue weighted by Gasteiger charge is 2.26. The average molecular weight is 242 g/mol. The average Bonchev–Trinajstić information content (AvgIpc) is 2.39. The molecule has 18 heavy (non-hydrogen) atoms. The summed E-state index contributed by atoms with van der Waals surface area (Å²) in [4.78, 5) is 0. The molecule has 2 heteroatoms. The normalized spacial score (nSPS) is 25.4. The van der Waals surface area contributed by atoms with Crippen molar-refractivity contribution >= 4 is 0 Å². The summed E-state index contributed by atoms with van der Waals surface area (Å²) in [6, 6.07) is 11.8. The number of hydrogen-bond donors (Lipinski definition) is 1. The van der Waals surface area contributed by atoms with Crippen LogP contribution in [-0.4, -0.2) is 6.04 Å². The van der Waals surface area contributed by atoms with Gasteiger partial charge in [-0.15, -0.1) is 0 Å². The topological polar surface area (TPSA) is 35.8 Å². The third-order valence-electron chi connectivity index (χ3n) is 3.94. The Kier molecular flexibility index (Phi) is 4.38. The molecule has 0 saturated heterocycles. The van der Waals surface area contributed by atoms with Gasteiger partial charge in [-0.1, -0.05) is 42.7 Å². The second-order valence-electron chi connectivity index (χ2n) is 5.43. The monoisotopic (exact) mass is 242 g/mol. The van der Waals surface area contributed by atoms with E-state index in [1.165, 1.54) is 24.0 Å². The SMILES string of the molecule is Cc1cccc([C@H](C)NC2CCCCC2C#N)c1. The lowest BCUT2D eigenvalue weighted by Gasteiger charge is -2.30. The summed E-state index contributed by atoms with van der Waals surface area (Å²) in [6.07, 6.45) is 4.63. The van der Waals surface area contributed by atoms with Crippen molar-refractivity contribution in [3.05, 3.63) is 35.4 Å². The summed E-state index contributed by atoms with van der Waals surface area (Å²) in [6.45, 7) is 4.31. The summed E-state index contributed by atoms with van der Waals surface area (Å²) in [7, 11) is 0. The maximum Gasteiger partial charge on any atom is 0.0672 e. The van der Waals surface area contributed by atoms with Gasteiger partial charge in [-0.05, 0) is 32.3 Å². The van der Waals surface area contributed by atoms with E-state index in [9.17, 15) is 5.26 Å². The number of nitrogens with one attached hydrogen (secondary N) is 1. The Balaban J connectivity index is 2.02. The van der Waals surface area contributed by atoms with Crippen LogP contribution in [0.5, 0.6) is 0 Å². The largest absolute Gasteiger partial charge is 0.306 e. The van der Waals surface area contributed by atoms with Crippen LogP contribution in [0.15, 0.2) is 24.3 Å². The Labute approximate surface area is 110 Å². The summed E-state index contributed by atoms with van der Waals surface area (Å²) in [5.74, 6) is 0.186. The lowest BCUT2D eigenvalue weighted by Crippen LogP contribution is -2.39. The van der Waals surface area contributed by atoms with Gasteiger partial charge in [-0.3, -0.25) is 0 Å². The van der Waals surface area contributed by atoms with E-state index in [4.69, 9.17) is 0 Å². The molecule has 2 unspecified atom stereocenters. The number of nitrogens with zero attached hydrogens (tertiary/aromatic N) is 1. The van der Waals surface area contributed by atoms with Crippen molar-refractivity contribution in [2.24, 2.45) is 5.92 Å². The van der Waals surface area contributed by atoms with Crippen molar-refractivity contribution in [2.45, 2.75) is 51.6 Å². The maximum absolute atomic E-state index is 9.20. The Bertz CT molecular complexity index is 433. The van der Waals surface area contributed by atoms with Gasteiger partial charge in [0.2, 0.25) is 0 Å². The van der Waals surface area contributed by atoms with E-state index in [0.29, 0.717) is 12.1 Å². The molecule has 0 bridgehead atoms. The van der Waals surface area contributed by atoms with Crippen LogP contribution >= 0.6 is 0 Å². The Morgan fingerprint density at radius 3 is 2.83 bits per heavy atom. The van der Waals surface area contributed by atoms with Crippen molar-refractivity contribution < 1.29 is 0 Å². The number of rotatable bonds is 3. The van der Waals surface area contributed by atoms with Crippen LogP contribution in [0.3, 0.4) is 0 Å². The molecule has 0 amide bonds. The highest BCUT2D eigenvalue weighted by Crippen LogP contribution is 2.26. The van der Waals surface area contributed by atoms with Crippen LogP contribution in [0.2, 0.25) is 0 Å². The van der Waals surface area contributed by atoms with Crippen molar-refractivity contribution in [3.8, 4) is 6.07 Å². The summed E-state index contributed by atoms with van der Waals surface area (Å²) in [5, 5.41) is 12.8. The molecule has 0 aromatic heterocycles. The van der Waals surface area contributed by atoms with E-state index in [-0.39, 0.29) is 5.92 Å². The maximum atomic E-state index is 9.20. The van der Waals surface area contributed by atoms with E-state index in [2.05, 4.69) is 49.5 Å². The van der Waals surface area contributed by atoms with Gasteiger partial charge in [0, 0.05) is 12.1 Å². The van der Waals surface area contributed by atoms with Gasteiger partial charge >= 0.3 is 0 Å². The fraction of sp³-hybridized carbons (Fsp3) is 0.562. The van der Waals surface area contributed by atoms with E-state index < -0.39 is 0 Å². The first-order valence-electron chi connectivity index (χ1n) is 6.93. The minimum atomic E-state index is 0.186. The molecule has 2 nitrogen and oxygen atoms in total. The fourth-order valence-electron chi connectivity index (χ4n) is 2.84. The van der Waals surface area contributed by atoms with Crippen LogP contribution in [-0.2, 0) is 0 Å². The Morgan fingerprint density at radius 1 is 1.33 bits per heavy atom. The second kappa shape index (κ2) is 6.02. The molecule has 1 saturated carbocycles. The third-order valence-corrected chi connectivity index (χ3v) is 3.94. The van der Waals surface area contributed by atoms with Crippen LogP contribution in [0.25, 0.3) is 0 Å². The van der Waals surface area contributed by atoms with Gasteiger partial charge in [-0.25, -0.2) is 0 Å². The fourth-order valence-corrected chi connectivity index (χ4v) is 2.84. The smallest absolute Gasteiger partial charge is 0.0672 e. The minimum absolute atomic E-state index is 0.186. The zero-order valence-electron chi connectivity index (χ0n) is 11.3. The number of aryl methyl sites for hydroxylation is 1. The lowest BCUT2D eigenvalue weighted by atomic mass is 9.85. The van der Waals surface area contributed by atoms with Crippen molar-refractivity contribution in [3.63, 3.8) is 0 Å². The molecule has 0 heterocycles. The van der Waals surface area contributed by atoms with Crippen LogP contribution < -0.4 is 5.32 Å². The van der Waals surface area contributed by atoms with E-state index in [1.54, 1.807) is 0 Å². The summed E-state index contributed by atoms with van der Waals surface area (Å²) in [5.41, 5.74) is 2.61. The molecule has 0 radical (unpaired) electrons. The second-order valence-corrected chi connectivity index (χ2v) is 5.43. The van der Waals surface area contributed by atoms with Crippen LogP contribution in [0.4, 0.5) is 0 Å². The molecule has 0 aliphatic heterocycles. The molecular formula is C16H22N2. The molecule has 1 aliphatic rings. The zero-order valence-corrected chi connectivity index (χ0v) is 11.3. The van der Waals surface area contributed by atoms with Crippen LogP contribution in [0.1, 0.15) is 49.8 Å². The van der Waals surface area contributed by atoms with E-state index >= 15 is 0 Å². The van der Waals surface area contributed by atoms with Gasteiger partial charge in [0.05, 0.1) is 12.0 Å².